The van der Waals surface area contributed by atoms with E-state index in [0.29, 0.717) is 38.0 Å². The number of nitrogens with one attached hydrogen (secondary N) is 2. The minimum absolute atomic E-state index is 0.0811. The van der Waals surface area contributed by atoms with Crippen molar-refractivity contribution >= 4 is 88.6 Å². The number of hydrogen-bond acceptors (Lipinski definition) is 11. The van der Waals surface area contributed by atoms with Gasteiger partial charge < -0.3 is 26.1 Å². The van der Waals surface area contributed by atoms with Gasteiger partial charge in [0, 0.05) is 32.5 Å². The molecule has 7 N–H and O–H groups in total. The van der Waals surface area contributed by atoms with E-state index in [4.69, 9.17) is 39.3 Å². The van der Waals surface area contributed by atoms with Gasteiger partial charge in [-0.3, -0.25) is 25.1 Å². The zero-order valence-corrected chi connectivity index (χ0v) is 24.4. The Morgan fingerprint density at radius 3 is 2.67 bits per heavy atom. The molecule has 2 aliphatic heterocycles. The lowest BCUT2D eigenvalue weighted by Gasteiger charge is -2.49. The third-order valence-electron chi connectivity index (χ3n) is 5.41. The number of allylic oxidation sites excluding steroid dienone is 2. The molecule has 1 saturated heterocycles. The molecule has 0 unspecified atom stereocenters. The van der Waals surface area contributed by atoms with Crippen LogP contribution in [0, 0.1) is 0 Å². The molecule has 3 rings (SSSR count). The van der Waals surface area contributed by atoms with Crippen molar-refractivity contribution in [3.63, 3.8) is 0 Å². The van der Waals surface area contributed by atoms with E-state index in [1.54, 1.807) is 12.1 Å². The second-order valence-corrected chi connectivity index (χ2v) is 12.1. The number of carbonyl (C=O) groups excluding carboxylic acids is 3. The molecule has 2 aliphatic rings. The summed E-state index contributed by atoms with van der Waals surface area (Å²) in [5, 5.41) is 30.5. The second kappa shape index (κ2) is 15.0. The smallest absolute Gasteiger partial charge is 0.352 e. The number of aliphatic carboxylic acids is 1. The molecule has 0 saturated carbocycles. The number of hydrazine groups is 1. The van der Waals surface area contributed by atoms with E-state index < -0.39 is 35.5 Å². The number of aliphatic hydroxyl groups excluding tert-OH is 1. The summed E-state index contributed by atoms with van der Waals surface area (Å²) in [5.74, 6) is 3.43. The fraction of sp³-hybridized carbons (Fsp3) is 0.250. The highest BCUT2D eigenvalue weighted by atomic mass is 35.5. The molecule has 214 valence electrons. The maximum Gasteiger partial charge on any atom is 0.352 e. The summed E-state index contributed by atoms with van der Waals surface area (Å²) in [6.45, 7) is 0. The van der Waals surface area contributed by atoms with Crippen molar-refractivity contribution < 1.29 is 34.5 Å². The summed E-state index contributed by atoms with van der Waals surface area (Å²) in [4.78, 5) is 50.7. The fourth-order valence-corrected chi connectivity index (χ4v) is 7.41. The first-order valence-corrected chi connectivity index (χ1v) is 15.1. The number of rotatable bonds is 13. The SMILES string of the molecule is NN/C=C\C(=C/C=O)SCC1=C(C(=O)O)N2C(=O)[C@@H](NC(=O)CSc3cc(Cl)c(/C=C/C(O)O)cc3Cl)[C@H]2SC1. The molecule has 2 amide bonds. The van der Waals surface area contributed by atoms with Gasteiger partial charge in [0.15, 0.2) is 6.29 Å². The van der Waals surface area contributed by atoms with Crippen LogP contribution in [0.25, 0.3) is 6.08 Å². The highest BCUT2D eigenvalue weighted by Gasteiger charge is 2.54. The van der Waals surface area contributed by atoms with E-state index in [9.17, 15) is 24.3 Å². The molecular formula is C24H24Cl2N4O7S3. The predicted octanol–water partition coefficient (Wildman–Crippen LogP) is 1.94. The standard InChI is InChI=1S/C24H24Cl2N4O7S3/c25-15-8-17(16(26)7-12(15)1-2-19(33)34)39-11-18(32)29-20-22(35)30-21(24(36)37)13(10-40-23(20)30)9-38-14(4-6-31)3-5-28-27/h1-8,19-20,23,28,33-34H,9-11,27H2,(H,29,32)(H,36,37)/b2-1+,5-3-,14-4+/t20-,23-/m1/s1. The van der Waals surface area contributed by atoms with Crippen molar-refractivity contribution in [3.8, 4) is 0 Å². The summed E-state index contributed by atoms with van der Waals surface area (Å²) >= 11 is 16.1. The molecule has 0 aliphatic carbocycles. The van der Waals surface area contributed by atoms with E-state index >= 15 is 0 Å². The van der Waals surface area contributed by atoms with Gasteiger partial charge in [-0.1, -0.05) is 29.3 Å². The van der Waals surface area contributed by atoms with Crippen LogP contribution < -0.4 is 16.6 Å². The number of nitrogens with zero attached hydrogens (tertiary/aromatic N) is 1. The zero-order chi connectivity index (χ0) is 29.4. The van der Waals surface area contributed by atoms with Crippen LogP contribution in [-0.2, 0) is 19.2 Å². The van der Waals surface area contributed by atoms with Gasteiger partial charge in [0.25, 0.3) is 5.91 Å². The first kappa shape index (κ1) is 32.1. The molecule has 0 radical (unpaired) electrons. The van der Waals surface area contributed by atoms with Crippen molar-refractivity contribution in [2.45, 2.75) is 22.6 Å². The van der Waals surface area contributed by atoms with Gasteiger partial charge >= 0.3 is 5.97 Å². The lowest BCUT2D eigenvalue weighted by Crippen LogP contribution is -2.70. The monoisotopic (exact) mass is 646 g/mol. The van der Waals surface area contributed by atoms with Gasteiger partial charge in [-0.05, 0) is 41.5 Å². The lowest BCUT2D eigenvalue weighted by molar-refractivity contribution is -0.150. The topological polar surface area (TPSA) is 182 Å². The third kappa shape index (κ3) is 8.07. The molecule has 16 heteroatoms. The van der Waals surface area contributed by atoms with Crippen molar-refractivity contribution in [2.75, 3.05) is 17.3 Å². The molecule has 11 nitrogen and oxygen atoms in total. The number of hydrogen-bond donors (Lipinski definition) is 6. The Morgan fingerprint density at radius 2 is 2.02 bits per heavy atom. The summed E-state index contributed by atoms with van der Waals surface area (Å²) in [7, 11) is 0. The Labute approximate surface area is 251 Å². The lowest BCUT2D eigenvalue weighted by atomic mass is 10.0. The molecular weight excluding hydrogens is 623 g/mol. The van der Waals surface area contributed by atoms with Crippen molar-refractivity contribution in [1.29, 1.82) is 0 Å². The van der Waals surface area contributed by atoms with Crippen LogP contribution in [0.4, 0.5) is 0 Å². The summed E-state index contributed by atoms with van der Waals surface area (Å²) in [5.41, 5.74) is 3.17. The molecule has 1 aromatic rings. The largest absolute Gasteiger partial charge is 0.477 e. The minimum atomic E-state index is -1.65. The Bertz CT molecular complexity index is 1300. The molecule has 2 heterocycles. The summed E-state index contributed by atoms with van der Waals surface area (Å²) in [6.07, 6.45) is 5.77. The van der Waals surface area contributed by atoms with Gasteiger partial charge in [0.05, 0.1) is 10.8 Å². The van der Waals surface area contributed by atoms with Crippen LogP contribution in [0.3, 0.4) is 0 Å². The Hall–Kier alpha value is -2.43. The Morgan fingerprint density at radius 1 is 1.27 bits per heavy atom. The van der Waals surface area contributed by atoms with Crippen LogP contribution in [-0.4, -0.2) is 79.3 Å². The Balaban J connectivity index is 1.63. The van der Waals surface area contributed by atoms with Crippen LogP contribution in [0.15, 0.2) is 57.6 Å². The van der Waals surface area contributed by atoms with Crippen molar-refractivity contribution in [2.24, 2.45) is 5.84 Å². The molecule has 0 spiro atoms. The predicted molar refractivity (Wildman–Crippen MR) is 157 cm³/mol. The highest BCUT2D eigenvalue weighted by molar-refractivity contribution is 8.03. The van der Waals surface area contributed by atoms with Crippen molar-refractivity contribution in [3.05, 3.63) is 68.3 Å². The van der Waals surface area contributed by atoms with Crippen LogP contribution in [0.1, 0.15) is 5.56 Å². The van der Waals surface area contributed by atoms with Crippen LogP contribution >= 0.6 is 58.5 Å². The first-order chi connectivity index (χ1) is 19.1. The van der Waals surface area contributed by atoms with Gasteiger partial charge in [-0.2, -0.15) is 0 Å². The third-order valence-corrected chi connectivity index (χ3v) is 9.66. The second-order valence-electron chi connectivity index (χ2n) is 8.07. The van der Waals surface area contributed by atoms with E-state index in [0.717, 1.165) is 17.8 Å². The van der Waals surface area contributed by atoms with Gasteiger partial charge in [-0.15, -0.1) is 35.3 Å². The molecule has 1 fully saturated rings. The fourth-order valence-electron chi connectivity index (χ4n) is 3.64. The number of aliphatic hydroxyl groups is 2. The number of halogens is 2. The first-order valence-electron chi connectivity index (χ1n) is 11.3. The number of fused-ring (bicyclic) bond motifs is 1. The van der Waals surface area contributed by atoms with Crippen LogP contribution in [0.2, 0.25) is 10.0 Å². The number of thioether (sulfide) groups is 3. The number of nitrogens with two attached hydrogens (primary N) is 1. The number of aldehydes is 1. The Kier molecular flexibility index (Phi) is 12.0. The molecule has 40 heavy (non-hydrogen) atoms. The van der Waals surface area contributed by atoms with Gasteiger partial charge in [0.1, 0.15) is 23.4 Å². The summed E-state index contributed by atoms with van der Waals surface area (Å²) in [6, 6.07) is 2.18. The average molecular weight is 648 g/mol. The van der Waals surface area contributed by atoms with Crippen LogP contribution in [0.5, 0.6) is 0 Å². The van der Waals surface area contributed by atoms with Gasteiger partial charge in [0.2, 0.25) is 5.91 Å². The number of β-lactam (4-membered cyclic amide) rings is 1. The minimum Gasteiger partial charge on any atom is -0.477 e. The molecule has 0 bridgehead atoms. The van der Waals surface area contributed by atoms with E-state index in [2.05, 4.69) is 10.7 Å². The normalized spacial score (nSPS) is 19.3. The maximum atomic E-state index is 12.9. The molecule has 1 aromatic carbocycles. The number of amides is 2. The molecule has 0 aromatic heterocycles. The highest BCUT2D eigenvalue weighted by Crippen LogP contribution is 2.42. The molecule has 2 atom stereocenters. The number of carboxylic acids is 1. The van der Waals surface area contributed by atoms with E-state index in [-0.39, 0.29) is 22.2 Å². The number of benzene rings is 1. The van der Waals surface area contributed by atoms with Crippen molar-refractivity contribution in [1.82, 2.24) is 15.6 Å². The quantitative estimate of drug-likeness (QED) is 0.0268. The zero-order valence-electron chi connectivity index (χ0n) is 20.5. The van der Waals surface area contributed by atoms with E-state index in [1.165, 1.54) is 52.8 Å². The number of carbonyl (C=O) groups is 4. The average Bonchev–Trinajstić information content (AvgIpc) is 2.91. The number of carboxylic acid groups (broad SMARTS) is 1. The maximum absolute atomic E-state index is 12.9. The summed E-state index contributed by atoms with van der Waals surface area (Å²) < 4.78 is 0. The van der Waals surface area contributed by atoms with Gasteiger partial charge in [-0.25, -0.2) is 4.79 Å². The van der Waals surface area contributed by atoms with E-state index in [1.807, 2.05) is 0 Å².